The molecule has 11 nitrogen and oxygen atoms in total. The summed E-state index contributed by atoms with van der Waals surface area (Å²) in [5.41, 5.74) is 4.49. The first-order valence-corrected chi connectivity index (χ1v) is 16.8. The molecule has 1 aliphatic rings. The first kappa shape index (κ1) is 36.6. The van der Waals surface area contributed by atoms with Gasteiger partial charge in [-0.05, 0) is 68.6 Å². The van der Waals surface area contributed by atoms with Crippen LogP contribution in [0.3, 0.4) is 0 Å². The van der Waals surface area contributed by atoms with Crippen molar-refractivity contribution in [3.8, 4) is 22.5 Å². The Balaban J connectivity index is 0.00000451. The molecule has 48 heavy (non-hydrogen) atoms. The minimum atomic E-state index is -0.790. The van der Waals surface area contributed by atoms with Crippen LogP contribution in [-0.2, 0) is 17.6 Å². The Labute approximate surface area is 322 Å². The van der Waals surface area contributed by atoms with E-state index in [0.717, 1.165) is 65.6 Å². The fraction of sp³-hybridized carbons (Fsp3) is 0.472. The maximum absolute atomic E-state index is 14.5. The quantitative estimate of drug-likeness (QED) is 0.167. The fourth-order valence-corrected chi connectivity index (χ4v) is 6.72. The molecule has 0 unspecified atom stereocenters. The number of fused-ring (bicyclic) bond motifs is 1. The van der Waals surface area contributed by atoms with E-state index in [0.29, 0.717) is 49.7 Å². The van der Waals surface area contributed by atoms with E-state index in [9.17, 15) is 14.7 Å². The minimum Gasteiger partial charge on any atom is -0.388 e. The number of aliphatic hydroxyl groups is 1. The van der Waals surface area contributed by atoms with Crippen LogP contribution in [0.1, 0.15) is 94.4 Å². The molecule has 0 saturated heterocycles. The number of H-pyrrole nitrogens is 1. The van der Waals surface area contributed by atoms with E-state index in [1.54, 1.807) is 0 Å². The van der Waals surface area contributed by atoms with Crippen molar-refractivity contribution in [2.75, 3.05) is 6.61 Å². The third-order valence-corrected chi connectivity index (χ3v) is 9.66. The SMILES string of the molecule is CCCc1c(Cc2ccc(-c3ccccc3-c3noc(=O)[nH]3)cc2)c(=O)n(C2CCC(OCC(O)(CC)CC)CC2)c2nc(C)nn12.[K]. The summed E-state index contributed by atoms with van der Waals surface area (Å²) in [7, 11) is 0. The van der Waals surface area contributed by atoms with Crippen molar-refractivity contribution in [2.24, 2.45) is 0 Å². The van der Waals surface area contributed by atoms with Crippen LogP contribution in [0.2, 0.25) is 0 Å². The van der Waals surface area contributed by atoms with Gasteiger partial charge in [-0.2, -0.15) is 10.1 Å². The second-order valence-electron chi connectivity index (χ2n) is 12.8. The van der Waals surface area contributed by atoms with Crippen molar-refractivity contribution >= 4 is 57.2 Å². The Morgan fingerprint density at radius 1 is 1.00 bits per heavy atom. The Bertz CT molecular complexity index is 1950. The number of aromatic amines is 1. The zero-order valence-electron chi connectivity index (χ0n) is 28.7. The normalized spacial score (nSPS) is 16.7. The van der Waals surface area contributed by atoms with Crippen LogP contribution in [0.5, 0.6) is 0 Å². The third kappa shape index (κ3) is 7.70. The van der Waals surface area contributed by atoms with Crippen LogP contribution in [0.25, 0.3) is 28.3 Å². The molecule has 3 aromatic heterocycles. The number of ether oxygens (including phenoxy) is 1. The van der Waals surface area contributed by atoms with Crippen molar-refractivity contribution in [2.45, 2.75) is 103 Å². The van der Waals surface area contributed by atoms with Crippen LogP contribution in [0.15, 0.2) is 62.6 Å². The molecule has 1 fully saturated rings. The molecule has 0 atom stereocenters. The van der Waals surface area contributed by atoms with Gasteiger partial charge in [-0.25, -0.2) is 9.31 Å². The summed E-state index contributed by atoms with van der Waals surface area (Å²) in [6.07, 6.45) is 6.65. The topological polar surface area (TPSA) is 141 Å². The molecule has 6 rings (SSSR count). The van der Waals surface area contributed by atoms with Gasteiger partial charge in [-0.1, -0.05) is 80.9 Å². The van der Waals surface area contributed by atoms with Gasteiger partial charge in [0.05, 0.1) is 24.0 Å². The van der Waals surface area contributed by atoms with E-state index in [-0.39, 0.29) is 69.1 Å². The van der Waals surface area contributed by atoms with E-state index in [2.05, 4.69) is 17.1 Å². The number of hydrogen-bond acceptors (Lipinski definition) is 8. The largest absolute Gasteiger partial charge is 0.439 e. The Kier molecular flexibility index (Phi) is 12.1. The number of rotatable bonds is 12. The number of aromatic nitrogens is 6. The van der Waals surface area contributed by atoms with Crippen LogP contribution in [0, 0.1) is 6.92 Å². The summed E-state index contributed by atoms with van der Waals surface area (Å²) in [5, 5.41) is 19.3. The molecule has 1 saturated carbocycles. The van der Waals surface area contributed by atoms with Crippen molar-refractivity contribution in [1.29, 1.82) is 0 Å². The molecule has 1 aliphatic carbocycles. The zero-order chi connectivity index (χ0) is 33.1. The van der Waals surface area contributed by atoms with Crippen molar-refractivity contribution in [1.82, 2.24) is 29.3 Å². The molecule has 0 aliphatic heterocycles. The predicted octanol–water partition coefficient (Wildman–Crippen LogP) is 5.42. The average molecular weight is 680 g/mol. The van der Waals surface area contributed by atoms with Gasteiger partial charge in [0.25, 0.3) is 5.56 Å². The number of benzene rings is 2. The molecular formula is C36H44KN6O5. The molecule has 0 bridgehead atoms. The first-order chi connectivity index (χ1) is 22.7. The summed E-state index contributed by atoms with van der Waals surface area (Å²) in [6, 6.07) is 15.8. The van der Waals surface area contributed by atoms with Crippen molar-refractivity contribution in [3.63, 3.8) is 0 Å². The van der Waals surface area contributed by atoms with Crippen LogP contribution in [-0.4, -0.2) is 104 Å². The summed E-state index contributed by atoms with van der Waals surface area (Å²) in [4.78, 5) is 33.5. The summed E-state index contributed by atoms with van der Waals surface area (Å²) in [5.74, 6) is 1.02. The monoisotopic (exact) mass is 679 g/mol. The molecule has 5 aromatic rings. The summed E-state index contributed by atoms with van der Waals surface area (Å²) < 4.78 is 14.7. The van der Waals surface area contributed by atoms with E-state index in [4.69, 9.17) is 19.3 Å². The number of hydrogen-bond donors (Lipinski definition) is 2. The molecular weight excluding hydrogens is 636 g/mol. The standard InChI is InChI=1S/C36H44N6O5.K/c1-5-10-31-30(21-24-13-15-25(16-14-24)28-11-8-9-12-29(28)32-38-35(44)47-40-32)33(43)41(34-37-23(4)39-42(31)34)26-17-19-27(20-18-26)46-22-36(45,6-2)7-3;/h8-9,11-16,26-27,45H,5-7,10,17-22H2,1-4H3,(H,38,40,44);. The van der Waals surface area contributed by atoms with Gasteiger partial charge in [0.1, 0.15) is 5.82 Å². The minimum absolute atomic E-state index is 0. The third-order valence-electron chi connectivity index (χ3n) is 9.66. The fourth-order valence-electron chi connectivity index (χ4n) is 6.72. The maximum Gasteiger partial charge on any atom is 0.439 e. The number of nitrogens with one attached hydrogen (secondary N) is 1. The van der Waals surface area contributed by atoms with Gasteiger partial charge >= 0.3 is 5.76 Å². The molecule has 2 N–H and O–H groups in total. The predicted molar refractivity (Wildman–Crippen MR) is 185 cm³/mol. The zero-order valence-corrected chi connectivity index (χ0v) is 31.8. The molecule has 0 amide bonds. The Morgan fingerprint density at radius 3 is 2.31 bits per heavy atom. The van der Waals surface area contributed by atoms with Crippen molar-refractivity contribution < 1.29 is 14.4 Å². The Morgan fingerprint density at radius 2 is 1.69 bits per heavy atom. The molecule has 3 heterocycles. The molecule has 12 heteroatoms. The Hall–Kier alpha value is -2.71. The maximum atomic E-state index is 14.5. The van der Waals surface area contributed by atoms with E-state index in [1.165, 1.54) is 0 Å². The number of aryl methyl sites for hydroxylation is 2. The van der Waals surface area contributed by atoms with Gasteiger partial charge in [0, 0.05) is 75.0 Å². The molecule has 1 radical (unpaired) electrons. The average Bonchev–Trinajstić information content (AvgIpc) is 3.71. The molecule has 2 aromatic carbocycles. The molecule has 0 spiro atoms. The smallest absolute Gasteiger partial charge is 0.388 e. The van der Waals surface area contributed by atoms with Crippen LogP contribution in [0.4, 0.5) is 0 Å². The molecule has 249 valence electrons. The van der Waals surface area contributed by atoms with Gasteiger partial charge in [-0.3, -0.25) is 18.9 Å². The van der Waals surface area contributed by atoms with Crippen LogP contribution < -0.4 is 11.3 Å². The van der Waals surface area contributed by atoms with Gasteiger partial charge in [0.15, 0.2) is 5.82 Å². The summed E-state index contributed by atoms with van der Waals surface area (Å²) >= 11 is 0. The second kappa shape index (κ2) is 15.9. The van der Waals surface area contributed by atoms with E-state index < -0.39 is 11.4 Å². The van der Waals surface area contributed by atoms with Crippen molar-refractivity contribution in [3.05, 3.63) is 92.1 Å². The van der Waals surface area contributed by atoms with Gasteiger partial charge in [-0.15, -0.1) is 0 Å². The van der Waals surface area contributed by atoms with E-state index in [1.807, 2.05) is 78.4 Å². The summed E-state index contributed by atoms with van der Waals surface area (Å²) in [6.45, 7) is 8.29. The van der Waals surface area contributed by atoms with Gasteiger partial charge in [0.2, 0.25) is 5.78 Å². The van der Waals surface area contributed by atoms with E-state index >= 15 is 0 Å². The first-order valence-electron chi connectivity index (χ1n) is 16.8. The second-order valence-corrected chi connectivity index (χ2v) is 12.8. The van der Waals surface area contributed by atoms with Crippen LogP contribution >= 0.6 is 0 Å². The van der Waals surface area contributed by atoms with Gasteiger partial charge < -0.3 is 9.84 Å². The number of nitrogens with zero attached hydrogens (tertiary/aromatic N) is 5.